The normalized spacial score (nSPS) is 15.2. The number of fused-ring (bicyclic) bond motifs is 12. The van der Waals surface area contributed by atoms with Crippen molar-refractivity contribution < 1.29 is 0 Å². The monoisotopic (exact) mass is 609 g/mol. The van der Waals surface area contributed by atoms with Crippen molar-refractivity contribution >= 4 is 27.8 Å². The second kappa shape index (κ2) is 10.4. The molecule has 8 aromatic rings. The molecule has 0 radical (unpaired) electrons. The van der Waals surface area contributed by atoms with Gasteiger partial charge in [0.1, 0.15) is 0 Å². The molecule has 1 unspecified atom stereocenters. The van der Waals surface area contributed by atoms with Crippen molar-refractivity contribution in [3.05, 3.63) is 210 Å². The molecule has 2 aliphatic carbocycles. The third-order valence-electron chi connectivity index (χ3n) is 10.5. The molecule has 1 atom stereocenters. The minimum atomic E-state index is -0.431. The van der Waals surface area contributed by atoms with Crippen LogP contribution in [-0.4, -0.2) is 0 Å². The van der Waals surface area contributed by atoms with Crippen LogP contribution in [0.25, 0.3) is 44.2 Å². The second-order valence-electron chi connectivity index (χ2n) is 12.8. The fraction of sp³-hybridized carbons (Fsp3) is 0.0213. The van der Waals surface area contributed by atoms with Gasteiger partial charge in [-0.1, -0.05) is 158 Å². The molecule has 1 spiro atoms. The summed E-state index contributed by atoms with van der Waals surface area (Å²) in [5.41, 5.74) is 16.1. The molecule has 0 aliphatic heterocycles. The maximum Gasteiger partial charge on any atom is 0.0726 e. The third kappa shape index (κ3) is 3.67. The predicted octanol–water partition coefficient (Wildman–Crippen LogP) is 12.3. The van der Waals surface area contributed by atoms with E-state index in [1.807, 2.05) is 0 Å². The van der Waals surface area contributed by atoms with Crippen LogP contribution in [0.2, 0.25) is 0 Å². The van der Waals surface area contributed by atoms with Gasteiger partial charge in [-0.05, 0) is 91.2 Å². The van der Waals surface area contributed by atoms with Gasteiger partial charge < -0.3 is 4.90 Å². The molecule has 0 saturated carbocycles. The van der Waals surface area contributed by atoms with E-state index < -0.39 is 5.41 Å². The van der Waals surface area contributed by atoms with Crippen molar-refractivity contribution in [3.8, 4) is 33.4 Å². The smallest absolute Gasteiger partial charge is 0.0726 e. The molecule has 48 heavy (non-hydrogen) atoms. The molecule has 0 bridgehead atoms. The molecule has 0 saturated heterocycles. The van der Waals surface area contributed by atoms with Gasteiger partial charge in [0.05, 0.1) is 11.1 Å². The van der Waals surface area contributed by atoms with Gasteiger partial charge in [-0.3, -0.25) is 0 Å². The highest BCUT2D eigenvalue weighted by Crippen LogP contribution is 2.64. The Balaban J connectivity index is 1.29. The predicted molar refractivity (Wildman–Crippen MR) is 200 cm³/mol. The standard InChI is InChI=1S/C47H31N/c1-3-15-32(16-4-1)36-20-11-14-26-45(36)48(34-18-5-2-6-19-34)35-28-29-39-38-22-9-12-24-41(38)47(44(39)31-35)42-25-13-10-23-40(42)46-37-21-8-7-17-33(37)27-30-43(46)47/h1-31H. The first-order valence-electron chi connectivity index (χ1n) is 16.7. The average Bonchev–Trinajstić information content (AvgIpc) is 3.63. The maximum atomic E-state index is 2.48. The lowest BCUT2D eigenvalue weighted by Gasteiger charge is -2.32. The van der Waals surface area contributed by atoms with Gasteiger partial charge in [0, 0.05) is 16.9 Å². The number of hydrogen-bond donors (Lipinski definition) is 0. The van der Waals surface area contributed by atoms with Crippen LogP contribution in [0.4, 0.5) is 17.1 Å². The number of rotatable bonds is 4. The lowest BCUT2D eigenvalue weighted by molar-refractivity contribution is 0.794. The molecule has 1 nitrogen and oxygen atoms in total. The molecular formula is C47H31N. The fourth-order valence-corrected chi connectivity index (χ4v) is 8.57. The van der Waals surface area contributed by atoms with E-state index in [4.69, 9.17) is 0 Å². The lowest BCUT2D eigenvalue weighted by Crippen LogP contribution is -2.26. The van der Waals surface area contributed by atoms with E-state index in [9.17, 15) is 0 Å². The molecule has 0 fully saturated rings. The summed E-state index contributed by atoms with van der Waals surface area (Å²) >= 11 is 0. The Hall–Kier alpha value is -6.18. The summed E-state index contributed by atoms with van der Waals surface area (Å²) in [5.74, 6) is 0. The van der Waals surface area contributed by atoms with E-state index in [0.29, 0.717) is 0 Å². The van der Waals surface area contributed by atoms with Crippen LogP contribution in [0.1, 0.15) is 22.3 Å². The highest BCUT2D eigenvalue weighted by molar-refractivity contribution is 6.06. The molecule has 2 aliphatic rings. The van der Waals surface area contributed by atoms with Crippen molar-refractivity contribution in [2.24, 2.45) is 0 Å². The van der Waals surface area contributed by atoms with Gasteiger partial charge in [-0.15, -0.1) is 0 Å². The van der Waals surface area contributed by atoms with Crippen LogP contribution in [0.5, 0.6) is 0 Å². The van der Waals surface area contributed by atoms with Crippen molar-refractivity contribution in [1.29, 1.82) is 0 Å². The Morgan fingerprint density at radius 2 is 0.958 bits per heavy atom. The van der Waals surface area contributed by atoms with Gasteiger partial charge in [0.15, 0.2) is 0 Å². The molecule has 0 N–H and O–H groups in total. The molecule has 8 aromatic carbocycles. The van der Waals surface area contributed by atoms with Crippen molar-refractivity contribution in [2.45, 2.75) is 5.41 Å². The summed E-state index contributed by atoms with van der Waals surface area (Å²) in [6, 6.07) is 69.1. The van der Waals surface area contributed by atoms with Gasteiger partial charge in [-0.25, -0.2) is 0 Å². The first-order valence-corrected chi connectivity index (χ1v) is 16.7. The first kappa shape index (κ1) is 27.0. The Morgan fingerprint density at radius 3 is 1.77 bits per heavy atom. The summed E-state index contributed by atoms with van der Waals surface area (Å²) < 4.78 is 0. The van der Waals surface area contributed by atoms with E-state index in [1.54, 1.807) is 0 Å². The van der Waals surface area contributed by atoms with E-state index >= 15 is 0 Å². The van der Waals surface area contributed by atoms with E-state index in [2.05, 4.69) is 193 Å². The van der Waals surface area contributed by atoms with Crippen LogP contribution in [-0.2, 0) is 5.41 Å². The minimum absolute atomic E-state index is 0.431. The Bertz CT molecular complexity index is 2510. The zero-order valence-electron chi connectivity index (χ0n) is 26.3. The number of para-hydroxylation sites is 2. The molecular weight excluding hydrogens is 579 g/mol. The number of benzene rings is 8. The first-order chi connectivity index (χ1) is 23.8. The topological polar surface area (TPSA) is 3.24 Å². The number of hydrogen-bond acceptors (Lipinski definition) is 1. The largest absolute Gasteiger partial charge is 0.310 e. The summed E-state index contributed by atoms with van der Waals surface area (Å²) in [6.45, 7) is 0. The van der Waals surface area contributed by atoms with Gasteiger partial charge in [-0.2, -0.15) is 0 Å². The summed E-state index contributed by atoms with van der Waals surface area (Å²) in [7, 11) is 0. The third-order valence-corrected chi connectivity index (χ3v) is 10.5. The van der Waals surface area contributed by atoms with Crippen LogP contribution < -0.4 is 4.90 Å². The van der Waals surface area contributed by atoms with E-state index in [-0.39, 0.29) is 0 Å². The highest BCUT2D eigenvalue weighted by Gasteiger charge is 2.52. The molecule has 224 valence electrons. The zero-order chi connectivity index (χ0) is 31.7. The van der Waals surface area contributed by atoms with Crippen LogP contribution in [0, 0.1) is 0 Å². The van der Waals surface area contributed by atoms with Crippen molar-refractivity contribution in [1.82, 2.24) is 0 Å². The SMILES string of the molecule is c1ccc(-c2ccccc2N(c2ccccc2)c2ccc3c(c2)C2(c4ccccc4-3)c3ccccc3-c3c2ccc2ccccc32)cc1. The number of anilines is 3. The average molecular weight is 610 g/mol. The Morgan fingerprint density at radius 1 is 0.354 bits per heavy atom. The summed E-state index contributed by atoms with van der Waals surface area (Å²) in [5, 5.41) is 2.58. The van der Waals surface area contributed by atoms with Crippen LogP contribution in [0.15, 0.2) is 188 Å². The molecule has 0 aromatic heterocycles. The second-order valence-corrected chi connectivity index (χ2v) is 12.8. The van der Waals surface area contributed by atoms with E-state index in [0.717, 1.165) is 17.1 Å². The lowest BCUT2D eigenvalue weighted by atomic mass is 9.70. The highest BCUT2D eigenvalue weighted by atomic mass is 15.1. The molecule has 10 rings (SSSR count). The minimum Gasteiger partial charge on any atom is -0.310 e. The summed E-state index contributed by atoms with van der Waals surface area (Å²) in [6.07, 6.45) is 0. The Labute approximate surface area is 281 Å². The molecule has 1 heteroatoms. The summed E-state index contributed by atoms with van der Waals surface area (Å²) in [4.78, 5) is 2.43. The van der Waals surface area contributed by atoms with Gasteiger partial charge in [0.2, 0.25) is 0 Å². The van der Waals surface area contributed by atoms with Crippen molar-refractivity contribution in [3.63, 3.8) is 0 Å². The van der Waals surface area contributed by atoms with Crippen molar-refractivity contribution in [2.75, 3.05) is 4.90 Å². The zero-order valence-corrected chi connectivity index (χ0v) is 26.3. The number of nitrogens with zero attached hydrogens (tertiary/aromatic N) is 1. The molecule has 0 heterocycles. The maximum absolute atomic E-state index is 2.48. The quantitative estimate of drug-likeness (QED) is 0.192. The Kier molecular flexibility index (Phi) is 5.86. The van der Waals surface area contributed by atoms with Gasteiger partial charge in [0.25, 0.3) is 0 Å². The van der Waals surface area contributed by atoms with Gasteiger partial charge >= 0.3 is 0 Å². The van der Waals surface area contributed by atoms with E-state index in [1.165, 1.54) is 66.4 Å². The fourth-order valence-electron chi connectivity index (χ4n) is 8.57. The van der Waals surface area contributed by atoms with Crippen LogP contribution in [0.3, 0.4) is 0 Å². The van der Waals surface area contributed by atoms with Crippen LogP contribution >= 0.6 is 0 Å². The molecule has 0 amide bonds.